The molecule has 0 aliphatic heterocycles. The lowest BCUT2D eigenvalue weighted by Gasteiger charge is -2.02. The number of aromatic nitrogens is 4. The standard InChI is InChI=1S/C11H15N5O2/c1-18-8-9-12-11(15-14-9)13-10(17)4-7-16-5-2-3-6-16/h2-3,5-6H,4,7-8H2,1H3,(H2,12,13,14,15,17). The van der Waals surface area contributed by atoms with Crippen LogP contribution in [0.4, 0.5) is 5.95 Å². The first-order valence-corrected chi connectivity index (χ1v) is 5.59. The van der Waals surface area contributed by atoms with Gasteiger partial charge in [0.25, 0.3) is 0 Å². The molecule has 2 N–H and O–H groups in total. The van der Waals surface area contributed by atoms with Crippen molar-refractivity contribution in [3.05, 3.63) is 30.4 Å². The normalized spacial score (nSPS) is 10.5. The Morgan fingerprint density at radius 1 is 1.50 bits per heavy atom. The molecule has 0 aliphatic carbocycles. The average Bonchev–Trinajstić information content (AvgIpc) is 2.99. The third-order valence-corrected chi connectivity index (χ3v) is 2.33. The molecule has 7 heteroatoms. The first kappa shape index (κ1) is 12.3. The Hall–Kier alpha value is -2.15. The fourth-order valence-electron chi connectivity index (χ4n) is 1.49. The van der Waals surface area contributed by atoms with Crippen LogP contribution >= 0.6 is 0 Å². The number of nitrogens with one attached hydrogen (secondary N) is 2. The van der Waals surface area contributed by atoms with Crippen molar-refractivity contribution in [1.29, 1.82) is 0 Å². The van der Waals surface area contributed by atoms with Gasteiger partial charge in [-0.15, -0.1) is 5.10 Å². The van der Waals surface area contributed by atoms with E-state index in [1.54, 1.807) is 7.11 Å². The van der Waals surface area contributed by atoms with E-state index >= 15 is 0 Å². The number of H-pyrrole nitrogens is 1. The number of hydrogen-bond acceptors (Lipinski definition) is 4. The van der Waals surface area contributed by atoms with Crippen LogP contribution < -0.4 is 5.32 Å². The zero-order valence-corrected chi connectivity index (χ0v) is 10.1. The number of anilines is 1. The molecule has 1 amide bonds. The van der Waals surface area contributed by atoms with Gasteiger partial charge in [-0.05, 0) is 12.1 Å². The van der Waals surface area contributed by atoms with Crippen molar-refractivity contribution < 1.29 is 9.53 Å². The van der Waals surface area contributed by atoms with Crippen LogP contribution in [0.2, 0.25) is 0 Å². The molecule has 0 spiro atoms. The van der Waals surface area contributed by atoms with Gasteiger partial charge in [0.1, 0.15) is 6.61 Å². The van der Waals surface area contributed by atoms with Crippen LogP contribution in [0, 0.1) is 0 Å². The molecule has 0 saturated heterocycles. The Bertz CT molecular complexity index is 491. The number of carbonyl (C=O) groups excluding carboxylic acids is 1. The van der Waals surface area contributed by atoms with E-state index in [9.17, 15) is 4.79 Å². The molecule has 2 rings (SSSR count). The summed E-state index contributed by atoms with van der Waals surface area (Å²) in [6, 6.07) is 3.84. The van der Waals surface area contributed by atoms with Crippen LogP contribution in [0.15, 0.2) is 24.5 Å². The largest absolute Gasteiger partial charge is 0.377 e. The first-order valence-electron chi connectivity index (χ1n) is 5.59. The molecule has 0 aromatic carbocycles. The fourth-order valence-corrected chi connectivity index (χ4v) is 1.49. The smallest absolute Gasteiger partial charge is 0.248 e. The molecule has 0 bridgehead atoms. The van der Waals surface area contributed by atoms with Crippen molar-refractivity contribution in [3.8, 4) is 0 Å². The summed E-state index contributed by atoms with van der Waals surface area (Å²) < 4.78 is 6.83. The quantitative estimate of drug-likeness (QED) is 0.792. The van der Waals surface area contributed by atoms with Gasteiger partial charge in [0.15, 0.2) is 5.82 Å². The maximum Gasteiger partial charge on any atom is 0.248 e. The summed E-state index contributed by atoms with van der Waals surface area (Å²) >= 11 is 0. The number of rotatable bonds is 6. The third-order valence-electron chi connectivity index (χ3n) is 2.33. The lowest BCUT2D eigenvalue weighted by atomic mass is 10.4. The molecular formula is C11H15N5O2. The second-order valence-electron chi connectivity index (χ2n) is 3.76. The SMILES string of the molecule is COCc1nc(NC(=O)CCn2cccc2)n[nH]1. The number of methoxy groups -OCH3 is 1. The number of ether oxygens (including phenoxy) is 1. The Morgan fingerprint density at radius 2 is 2.28 bits per heavy atom. The second kappa shape index (κ2) is 5.97. The highest BCUT2D eigenvalue weighted by molar-refractivity contribution is 5.88. The maximum atomic E-state index is 11.6. The summed E-state index contributed by atoms with van der Waals surface area (Å²) in [4.78, 5) is 15.7. The highest BCUT2D eigenvalue weighted by Gasteiger charge is 2.07. The average molecular weight is 249 g/mol. The molecule has 2 aromatic rings. The minimum absolute atomic E-state index is 0.119. The number of aromatic amines is 1. The molecule has 2 heterocycles. The predicted molar refractivity (Wildman–Crippen MR) is 64.8 cm³/mol. The zero-order chi connectivity index (χ0) is 12.8. The van der Waals surface area contributed by atoms with Gasteiger partial charge in [0.05, 0.1) is 0 Å². The number of hydrogen-bond donors (Lipinski definition) is 2. The van der Waals surface area contributed by atoms with E-state index in [-0.39, 0.29) is 11.9 Å². The topological polar surface area (TPSA) is 84.8 Å². The lowest BCUT2D eigenvalue weighted by Crippen LogP contribution is -2.15. The van der Waals surface area contributed by atoms with Crippen LogP contribution in [-0.2, 0) is 22.7 Å². The van der Waals surface area contributed by atoms with Crippen molar-refractivity contribution >= 4 is 11.9 Å². The first-order chi connectivity index (χ1) is 8.78. The van der Waals surface area contributed by atoms with Gasteiger partial charge in [0, 0.05) is 32.5 Å². The molecule has 0 saturated carbocycles. The number of aryl methyl sites for hydroxylation is 1. The van der Waals surface area contributed by atoms with Crippen LogP contribution in [-0.4, -0.2) is 32.8 Å². The van der Waals surface area contributed by atoms with Crippen molar-refractivity contribution in [3.63, 3.8) is 0 Å². The van der Waals surface area contributed by atoms with Crippen molar-refractivity contribution in [2.45, 2.75) is 19.6 Å². The Kier molecular flexibility index (Phi) is 4.08. The van der Waals surface area contributed by atoms with E-state index in [4.69, 9.17) is 4.74 Å². The summed E-state index contributed by atoms with van der Waals surface area (Å²) in [5.41, 5.74) is 0. The number of nitrogens with zero attached hydrogens (tertiary/aromatic N) is 3. The molecule has 96 valence electrons. The third kappa shape index (κ3) is 3.42. The molecule has 0 unspecified atom stereocenters. The van der Waals surface area contributed by atoms with Gasteiger partial charge >= 0.3 is 0 Å². The van der Waals surface area contributed by atoms with Gasteiger partial charge < -0.3 is 9.30 Å². The minimum atomic E-state index is -0.119. The van der Waals surface area contributed by atoms with Crippen molar-refractivity contribution in [1.82, 2.24) is 19.7 Å². The van der Waals surface area contributed by atoms with Gasteiger partial charge in [-0.1, -0.05) is 0 Å². The van der Waals surface area contributed by atoms with E-state index in [2.05, 4.69) is 20.5 Å². The maximum absolute atomic E-state index is 11.6. The van der Waals surface area contributed by atoms with Crippen molar-refractivity contribution in [2.75, 3.05) is 12.4 Å². The number of amides is 1. The summed E-state index contributed by atoms with van der Waals surface area (Å²) in [7, 11) is 1.57. The van der Waals surface area contributed by atoms with Crippen LogP contribution in [0.25, 0.3) is 0 Å². The van der Waals surface area contributed by atoms with Crippen LogP contribution in [0.5, 0.6) is 0 Å². The molecule has 2 aromatic heterocycles. The van der Waals surface area contributed by atoms with E-state index in [0.717, 1.165) is 0 Å². The zero-order valence-electron chi connectivity index (χ0n) is 10.1. The molecular weight excluding hydrogens is 234 g/mol. The lowest BCUT2D eigenvalue weighted by molar-refractivity contribution is -0.116. The second-order valence-corrected chi connectivity index (χ2v) is 3.76. The molecule has 0 fully saturated rings. The summed E-state index contributed by atoms with van der Waals surface area (Å²) in [5, 5.41) is 9.16. The van der Waals surface area contributed by atoms with Gasteiger partial charge in [0.2, 0.25) is 11.9 Å². The summed E-state index contributed by atoms with van der Waals surface area (Å²) in [6.07, 6.45) is 4.20. The van der Waals surface area contributed by atoms with Crippen LogP contribution in [0.1, 0.15) is 12.2 Å². The highest BCUT2D eigenvalue weighted by atomic mass is 16.5. The summed E-state index contributed by atoms with van der Waals surface area (Å²) in [5.74, 6) is 0.740. The predicted octanol–water partition coefficient (Wildman–Crippen LogP) is 0.781. The molecule has 0 aliphatic rings. The Labute approximate surface area is 104 Å². The Balaban J connectivity index is 1.79. The van der Waals surface area contributed by atoms with Gasteiger partial charge in [-0.25, -0.2) is 0 Å². The van der Waals surface area contributed by atoms with Gasteiger partial charge in [-0.2, -0.15) is 4.98 Å². The molecule has 0 radical (unpaired) electrons. The molecule has 7 nitrogen and oxygen atoms in total. The monoisotopic (exact) mass is 249 g/mol. The van der Waals surface area contributed by atoms with Crippen LogP contribution in [0.3, 0.4) is 0 Å². The van der Waals surface area contributed by atoms with Gasteiger partial charge in [-0.3, -0.25) is 15.2 Å². The van der Waals surface area contributed by atoms with E-state index in [0.29, 0.717) is 25.4 Å². The minimum Gasteiger partial charge on any atom is -0.377 e. The van der Waals surface area contributed by atoms with Crippen molar-refractivity contribution in [2.24, 2.45) is 0 Å². The fraction of sp³-hybridized carbons (Fsp3) is 0.364. The molecule has 0 atom stereocenters. The van der Waals surface area contributed by atoms with E-state index < -0.39 is 0 Å². The molecule has 18 heavy (non-hydrogen) atoms. The summed E-state index contributed by atoms with van der Waals surface area (Å²) in [6.45, 7) is 0.973. The number of carbonyl (C=O) groups is 1. The highest BCUT2D eigenvalue weighted by Crippen LogP contribution is 2.01. The van der Waals surface area contributed by atoms with E-state index in [1.165, 1.54) is 0 Å². The Morgan fingerprint density at radius 3 is 3.00 bits per heavy atom. The van der Waals surface area contributed by atoms with E-state index in [1.807, 2.05) is 29.1 Å².